The van der Waals surface area contributed by atoms with E-state index in [4.69, 9.17) is 0 Å². The molecule has 0 aromatic carbocycles. The van der Waals surface area contributed by atoms with Crippen LogP contribution in [0.1, 0.15) is 96.4 Å². The third-order valence-electron chi connectivity index (χ3n) is 0. The Balaban J connectivity index is -0.0000000120. The first kappa shape index (κ1) is 44.8. The van der Waals surface area contributed by atoms with Crippen LogP contribution in [0.4, 0.5) is 0 Å². The first-order valence-corrected chi connectivity index (χ1v) is 7.40. The third kappa shape index (κ3) is 33000. The second kappa shape index (κ2) is 919. The minimum absolute atomic E-state index is 1.25. The predicted molar refractivity (Wildman–Crippen MR) is 88.6 cm³/mol. The summed E-state index contributed by atoms with van der Waals surface area (Å²) in [5.41, 5.74) is 0. The van der Waals surface area contributed by atoms with E-state index >= 15 is 0 Å². The maximum atomic E-state index is 3.36. The smallest absolute Gasteiger partial charge is 0.0473 e. The maximum absolute atomic E-state index is 3.36. The molecule has 0 aromatic heterocycles. The maximum Gasteiger partial charge on any atom is -0.0473 e. The van der Waals surface area contributed by atoms with Crippen molar-refractivity contribution in [2.75, 3.05) is 0 Å². The van der Waals surface area contributed by atoms with E-state index in [1.54, 1.807) is 6.08 Å². The van der Waals surface area contributed by atoms with Gasteiger partial charge in [-0.3, -0.25) is 0 Å². The van der Waals surface area contributed by atoms with Gasteiger partial charge in [0, 0.05) is 0 Å². The fourth-order valence-corrected chi connectivity index (χ4v) is 0. The molecule has 0 radical (unpaired) electrons. The molecule has 0 aliphatic carbocycles. The topological polar surface area (TPSA) is 0 Å². The van der Waals surface area contributed by atoms with Crippen LogP contribution >= 0.6 is 0 Å². The van der Waals surface area contributed by atoms with Crippen molar-refractivity contribution in [1.82, 2.24) is 0 Å². The van der Waals surface area contributed by atoms with Crippen LogP contribution in [0.15, 0.2) is 12.7 Å². The van der Waals surface area contributed by atoms with Crippen LogP contribution < -0.4 is 0 Å². The number of hydrogen-bond donors (Lipinski definition) is 0. The Hall–Kier alpha value is -0.260. The predicted octanol–water partition coefficient (Wildman–Crippen LogP) is 7.74. The first-order valence-electron chi connectivity index (χ1n) is 7.40. The van der Waals surface area contributed by atoms with Gasteiger partial charge in [-0.1, -0.05) is 95.6 Å². The summed E-state index contributed by atoms with van der Waals surface area (Å²) in [7, 11) is 0. The Kier molecular flexibility index (Phi) is 2570. The molecular formula is C16H44. The molecule has 0 saturated heterocycles. The van der Waals surface area contributed by atoms with Gasteiger partial charge in [-0.25, -0.2) is 0 Å². The lowest BCUT2D eigenvalue weighted by Gasteiger charge is -1.48. The van der Waals surface area contributed by atoms with Gasteiger partial charge in [-0.05, 0) is 6.92 Å². The summed E-state index contributed by atoms with van der Waals surface area (Å²) in [6.07, 6.45) is 3.00. The molecule has 108 valence electrons. The Morgan fingerprint density at radius 1 is 0.625 bits per heavy atom. The summed E-state index contributed by atoms with van der Waals surface area (Å²) < 4.78 is 0. The molecule has 0 aromatic rings. The molecule has 0 atom stereocenters. The summed E-state index contributed by atoms with van der Waals surface area (Å²) in [5.74, 6) is 0. The van der Waals surface area contributed by atoms with Crippen LogP contribution in [0, 0.1) is 0 Å². The molecule has 0 fully saturated rings. The van der Waals surface area contributed by atoms with E-state index in [0.29, 0.717) is 0 Å². The molecule has 0 unspecified atom stereocenters. The Morgan fingerprint density at radius 2 is 0.625 bits per heavy atom. The lowest BCUT2D eigenvalue weighted by Crippen LogP contribution is -1.27. The van der Waals surface area contributed by atoms with Crippen LogP contribution in [-0.2, 0) is 0 Å². The van der Waals surface area contributed by atoms with Crippen molar-refractivity contribution in [2.24, 2.45) is 0 Å². The van der Waals surface area contributed by atoms with E-state index in [1.165, 1.54) is 6.42 Å². The fraction of sp³-hybridized carbons (Fsp3) is 0.875. The molecule has 0 heterocycles. The highest BCUT2D eigenvalue weighted by molar-refractivity contribution is 4.51. The molecule has 16 heavy (non-hydrogen) atoms. The van der Waals surface area contributed by atoms with Gasteiger partial charge in [-0.15, -0.1) is 6.58 Å². The zero-order valence-corrected chi connectivity index (χ0v) is 15.0. The van der Waals surface area contributed by atoms with Gasteiger partial charge in [0.25, 0.3) is 0 Å². The van der Waals surface area contributed by atoms with Crippen LogP contribution in [-0.4, -0.2) is 0 Å². The molecule has 0 spiro atoms. The standard InChI is InChI=1S/C3H8.C3H6.5C2H6/c2*1-3-2;5*1-2/h3H2,1-2H3;3H,1H2,2H3;5*1-2H3. The Labute approximate surface area is 110 Å². The lowest BCUT2D eigenvalue weighted by atomic mass is 10.6. The Bertz CT molecular complexity index is 14.0. The molecule has 0 bridgehead atoms. The van der Waals surface area contributed by atoms with Crippen molar-refractivity contribution in [2.45, 2.75) is 96.4 Å². The van der Waals surface area contributed by atoms with Crippen LogP contribution in [0.5, 0.6) is 0 Å². The number of rotatable bonds is 0. The van der Waals surface area contributed by atoms with Gasteiger partial charge in [0.15, 0.2) is 0 Å². The summed E-state index contributed by atoms with van der Waals surface area (Å²) in [5, 5.41) is 0. The van der Waals surface area contributed by atoms with Crippen molar-refractivity contribution in [3.63, 3.8) is 0 Å². The van der Waals surface area contributed by atoms with Gasteiger partial charge >= 0.3 is 0 Å². The van der Waals surface area contributed by atoms with E-state index in [0.717, 1.165) is 0 Å². The quantitative estimate of drug-likeness (QED) is 0.377. The van der Waals surface area contributed by atoms with E-state index in [1.807, 2.05) is 76.2 Å². The number of hydrogen-bond acceptors (Lipinski definition) is 0. The van der Waals surface area contributed by atoms with Crippen LogP contribution in [0.3, 0.4) is 0 Å². The fourth-order valence-electron chi connectivity index (χ4n) is 0. The van der Waals surface area contributed by atoms with Crippen molar-refractivity contribution in [1.29, 1.82) is 0 Å². The van der Waals surface area contributed by atoms with Gasteiger partial charge in [0.2, 0.25) is 0 Å². The summed E-state index contributed by atoms with van der Waals surface area (Å²) in [6.45, 7) is 29.5. The van der Waals surface area contributed by atoms with Crippen molar-refractivity contribution in [3.8, 4) is 0 Å². The highest BCUT2D eigenvalue weighted by atomic mass is 13.4. The average molecular weight is 237 g/mol. The summed E-state index contributed by atoms with van der Waals surface area (Å²) in [6, 6.07) is 0. The molecule has 0 saturated carbocycles. The molecule has 0 aliphatic heterocycles. The van der Waals surface area contributed by atoms with Gasteiger partial charge in [0.1, 0.15) is 0 Å². The molecule has 0 rings (SSSR count). The van der Waals surface area contributed by atoms with Crippen LogP contribution in [0.2, 0.25) is 0 Å². The second-order valence-electron chi connectivity index (χ2n) is 1.12. The van der Waals surface area contributed by atoms with Gasteiger partial charge in [0.05, 0.1) is 0 Å². The Morgan fingerprint density at radius 3 is 0.625 bits per heavy atom. The minimum atomic E-state index is 1.25. The zero-order chi connectivity index (χ0) is 15.4. The molecule has 0 heteroatoms. The summed E-state index contributed by atoms with van der Waals surface area (Å²) >= 11 is 0. The highest BCUT2D eigenvalue weighted by Gasteiger charge is 1.35. The zero-order valence-electron chi connectivity index (χ0n) is 15.0. The monoisotopic (exact) mass is 236 g/mol. The molecule has 0 N–H and O–H groups in total. The van der Waals surface area contributed by atoms with E-state index < -0.39 is 0 Å². The second-order valence-corrected chi connectivity index (χ2v) is 1.12. The normalized spacial score (nSPS) is 3.81. The van der Waals surface area contributed by atoms with Crippen molar-refractivity contribution < 1.29 is 0 Å². The average Bonchev–Trinajstić information content (AvgIpc) is 2.42. The van der Waals surface area contributed by atoms with Crippen molar-refractivity contribution >= 4 is 0 Å². The third-order valence-corrected chi connectivity index (χ3v) is 0. The van der Waals surface area contributed by atoms with Gasteiger partial charge in [-0.2, -0.15) is 0 Å². The molecule has 0 aliphatic rings. The number of allylic oxidation sites excluding steroid dienone is 1. The van der Waals surface area contributed by atoms with Crippen molar-refractivity contribution in [3.05, 3.63) is 12.7 Å². The van der Waals surface area contributed by atoms with E-state index in [9.17, 15) is 0 Å². The molecule has 0 amide bonds. The first-order chi connectivity index (χ1) is 7.83. The molecule has 0 nitrogen and oxygen atoms in total. The van der Waals surface area contributed by atoms with Gasteiger partial charge < -0.3 is 0 Å². The van der Waals surface area contributed by atoms with E-state index in [-0.39, 0.29) is 0 Å². The van der Waals surface area contributed by atoms with E-state index in [2.05, 4.69) is 20.4 Å². The SMILES string of the molecule is C=CC.CC.CC.CC.CC.CC.CCC. The molecular weight excluding hydrogens is 192 g/mol. The highest BCUT2D eigenvalue weighted by Crippen LogP contribution is 1.56. The largest absolute Gasteiger partial charge is 0.103 e. The lowest BCUT2D eigenvalue weighted by molar-refractivity contribution is 1.09. The summed E-state index contributed by atoms with van der Waals surface area (Å²) in [4.78, 5) is 0. The minimum Gasteiger partial charge on any atom is -0.103 e. The van der Waals surface area contributed by atoms with Crippen LogP contribution in [0.25, 0.3) is 0 Å².